The van der Waals surface area contributed by atoms with Crippen molar-refractivity contribution in [3.8, 4) is 11.5 Å². The summed E-state index contributed by atoms with van der Waals surface area (Å²) in [5.41, 5.74) is 5.67. The average molecular weight is 229 g/mol. The summed E-state index contributed by atoms with van der Waals surface area (Å²) in [4.78, 5) is 10.6. The molecule has 1 aromatic carbocycles. The molecule has 2 rings (SSSR count). The predicted octanol–water partition coefficient (Wildman–Crippen LogP) is 1.43. The van der Waals surface area contributed by atoms with E-state index in [0.717, 1.165) is 0 Å². The van der Waals surface area contributed by atoms with E-state index < -0.39 is 12.2 Å². The topological polar surface area (TPSA) is 61.6 Å². The van der Waals surface area contributed by atoms with Gasteiger partial charge in [0.05, 0.1) is 0 Å². The van der Waals surface area contributed by atoms with Crippen LogP contribution in [0, 0.1) is 0 Å². The Kier molecular flexibility index (Phi) is 2.41. The largest absolute Gasteiger partial charge is 0.586 e. The molecular weight excluding hydrogens is 220 g/mol. The van der Waals surface area contributed by atoms with Crippen LogP contribution in [0.5, 0.6) is 11.5 Å². The van der Waals surface area contributed by atoms with E-state index in [1.807, 2.05) is 0 Å². The Balaban J connectivity index is 2.13. The number of carbonyl (C=O) groups excluding carboxylic acids is 1. The van der Waals surface area contributed by atoms with Crippen molar-refractivity contribution >= 4 is 5.91 Å². The highest BCUT2D eigenvalue weighted by Gasteiger charge is 2.43. The molecule has 0 radical (unpaired) electrons. The molecule has 4 nitrogen and oxygen atoms in total. The predicted molar refractivity (Wildman–Crippen MR) is 50.2 cm³/mol. The van der Waals surface area contributed by atoms with Crippen molar-refractivity contribution in [2.24, 2.45) is 5.73 Å². The Morgan fingerprint density at radius 3 is 2.69 bits per heavy atom. The average Bonchev–Trinajstić information content (AvgIpc) is 2.47. The zero-order chi connectivity index (χ0) is 11.8. The lowest BCUT2D eigenvalue weighted by atomic mass is 10.1. The van der Waals surface area contributed by atoms with Crippen molar-refractivity contribution in [2.45, 2.75) is 19.1 Å². The maximum atomic E-state index is 12.7. The molecule has 0 saturated carbocycles. The van der Waals surface area contributed by atoms with E-state index in [-0.39, 0.29) is 17.9 Å². The van der Waals surface area contributed by atoms with E-state index in [1.165, 1.54) is 12.1 Å². The Bertz CT molecular complexity index is 434. The van der Waals surface area contributed by atoms with Gasteiger partial charge in [-0.15, -0.1) is 8.78 Å². The third-order valence-corrected chi connectivity index (χ3v) is 2.13. The number of primary amides is 1. The number of amides is 1. The number of hydrogen-bond acceptors (Lipinski definition) is 3. The molecule has 86 valence electrons. The standard InChI is InChI=1S/C10H9F2NO3/c11-10(12)15-7-3-1-6(2-4-9(13)14)5-8(7)16-10/h1,3,5H,2,4H2,(H2,13,14). The third-order valence-electron chi connectivity index (χ3n) is 2.13. The number of rotatable bonds is 3. The van der Waals surface area contributed by atoms with Crippen LogP contribution in [0.2, 0.25) is 0 Å². The SMILES string of the molecule is NC(=O)CCc1ccc2c(c1)OC(F)(F)O2. The lowest BCUT2D eigenvalue weighted by molar-refractivity contribution is -0.286. The zero-order valence-corrected chi connectivity index (χ0v) is 8.20. The highest BCUT2D eigenvalue weighted by Crippen LogP contribution is 2.41. The maximum Gasteiger partial charge on any atom is 0.586 e. The summed E-state index contributed by atoms with van der Waals surface area (Å²) in [7, 11) is 0. The number of halogens is 2. The van der Waals surface area contributed by atoms with Gasteiger partial charge in [-0.05, 0) is 24.1 Å². The van der Waals surface area contributed by atoms with Crippen molar-refractivity contribution in [1.82, 2.24) is 0 Å². The lowest BCUT2D eigenvalue weighted by Gasteiger charge is -2.04. The highest BCUT2D eigenvalue weighted by molar-refractivity contribution is 5.74. The number of nitrogens with two attached hydrogens (primary N) is 1. The number of hydrogen-bond donors (Lipinski definition) is 1. The van der Waals surface area contributed by atoms with Crippen molar-refractivity contribution < 1.29 is 23.0 Å². The molecule has 0 atom stereocenters. The van der Waals surface area contributed by atoms with Gasteiger partial charge in [0.15, 0.2) is 11.5 Å². The second-order valence-electron chi connectivity index (χ2n) is 3.41. The molecule has 0 bridgehead atoms. The van der Waals surface area contributed by atoms with Gasteiger partial charge in [-0.1, -0.05) is 6.07 Å². The molecule has 1 aromatic rings. The molecular formula is C10H9F2NO3. The fraction of sp³-hybridized carbons (Fsp3) is 0.300. The van der Waals surface area contributed by atoms with Gasteiger partial charge >= 0.3 is 6.29 Å². The first-order chi connectivity index (χ1) is 7.46. The van der Waals surface area contributed by atoms with Gasteiger partial charge < -0.3 is 15.2 Å². The summed E-state index contributed by atoms with van der Waals surface area (Å²) >= 11 is 0. The lowest BCUT2D eigenvalue weighted by Crippen LogP contribution is -2.25. The van der Waals surface area contributed by atoms with Gasteiger partial charge in [-0.2, -0.15) is 0 Å². The molecule has 0 unspecified atom stereocenters. The van der Waals surface area contributed by atoms with Gasteiger partial charge in [0.25, 0.3) is 0 Å². The van der Waals surface area contributed by atoms with E-state index in [9.17, 15) is 13.6 Å². The Labute approximate surface area is 89.9 Å². The number of ether oxygens (including phenoxy) is 2. The Morgan fingerprint density at radius 1 is 1.31 bits per heavy atom. The molecule has 0 fully saturated rings. The van der Waals surface area contributed by atoms with Crippen LogP contribution in [-0.4, -0.2) is 12.2 Å². The van der Waals surface area contributed by atoms with Crippen molar-refractivity contribution in [1.29, 1.82) is 0 Å². The van der Waals surface area contributed by atoms with Crippen LogP contribution in [-0.2, 0) is 11.2 Å². The molecule has 0 aliphatic carbocycles. The summed E-state index contributed by atoms with van der Waals surface area (Å²) < 4.78 is 33.8. The van der Waals surface area contributed by atoms with E-state index in [2.05, 4.69) is 9.47 Å². The second-order valence-corrected chi connectivity index (χ2v) is 3.41. The zero-order valence-electron chi connectivity index (χ0n) is 8.20. The van der Waals surface area contributed by atoms with Crippen molar-refractivity contribution in [2.75, 3.05) is 0 Å². The molecule has 1 amide bonds. The Morgan fingerprint density at radius 2 is 2.00 bits per heavy atom. The second kappa shape index (κ2) is 3.62. The minimum Gasteiger partial charge on any atom is -0.395 e. The monoisotopic (exact) mass is 229 g/mol. The van der Waals surface area contributed by atoms with Gasteiger partial charge in [0.2, 0.25) is 5.91 Å². The molecule has 16 heavy (non-hydrogen) atoms. The van der Waals surface area contributed by atoms with Crippen LogP contribution in [0.3, 0.4) is 0 Å². The molecule has 1 aliphatic heterocycles. The molecule has 1 aliphatic rings. The van der Waals surface area contributed by atoms with E-state index in [1.54, 1.807) is 6.07 Å². The first kappa shape index (κ1) is 10.7. The first-order valence-electron chi connectivity index (χ1n) is 4.63. The van der Waals surface area contributed by atoms with Gasteiger partial charge in [-0.25, -0.2) is 0 Å². The van der Waals surface area contributed by atoms with E-state index in [0.29, 0.717) is 12.0 Å². The molecule has 0 spiro atoms. The Hall–Kier alpha value is -1.85. The smallest absolute Gasteiger partial charge is 0.395 e. The maximum absolute atomic E-state index is 12.7. The van der Waals surface area contributed by atoms with Gasteiger partial charge in [0, 0.05) is 6.42 Å². The molecule has 1 heterocycles. The van der Waals surface area contributed by atoms with Crippen LogP contribution >= 0.6 is 0 Å². The number of aryl methyl sites for hydroxylation is 1. The van der Waals surface area contributed by atoms with Crippen LogP contribution in [0.25, 0.3) is 0 Å². The third kappa shape index (κ3) is 2.21. The summed E-state index contributed by atoms with van der Waals surface area (Å²) in [5, 5.41) is 0. The fourth-order valence-corrected chi connectivity index (χ4v) is 1.42. The summed E-state index contributed by atoms with van der Waals surface area (Å²) in [6.07, 6.45) is -3.06. The normalized spacial score (nSPS) is 16.1. The van der Waals surface area contributed by atoms with Crippen LogP contribution in [0.1, 0.15) is 12.0 Å². The minimum absolute atomic E-state index is 0.00664. The molecule has 6 heteroatoms. The van der Waals surface area contributed by atoms with E-state index >= 15 is 0 Å². The molecule has 2 N–H and O–H groups in total. The quantitative estimate of drug-likeness (QED) is 0.852. The van der Waals surface area contributed by atoms with Crippen LogP contribution in [0.15, 0.2) is 18.2 Å². The minimum atomic E-state index is -3.61. The van der Waals surface area contributed by atoms with Gasteiger partial charge in [0.1, 0.15) is 0 Å². The van der Waals surface area contributed by atoms with Crippen molar-refractivity contribution in [3.05, 3.63) is 23.8 Å². The summed E-state index contributed by atoms with van der Waals surface area (Å²) in [6, 6.07) is 4.39. The number of fused-ring (bicyclic) bond motifs is 1. The van der Waals surface area contributed by atoms with Gasteiger partial charge in [-0.3, -0.25) is 4.79 Å². The van der Waals surface area contributed by atoms with Crippen molar-refractivity contribution in [3.63, 3.8) is 0 Å². The fourth-order valence-electron chi connectivity index (χ4n) is 1.42. The van der Waals surface area contributed by atoms with Crippen LogP contribution in [0.4, 0.5) is 8.78 Å². The first-order valence-corrected chi connectivity index (χ1v) is 4.63. The van der Waals surface area contributed by atoms with E-state index in [4.69, 9.17) is 5.73 Å². The molecule has 0 saturated heterocycles. The summed E-state index contributed by atoms with van der Waals surface area (Å²) in [5.74, 6) is -0.470. The number of benzene rings is 1. The number of carbonyl (C=O) groups is 1. The summed E-state index contributed by atoms with van der Waals surface area (Å²) in [6.45, 7) is 0. The highest BCUT2D eigenvalue weighted by atomic mass is 19.3. The molecule has 0 aromatic heterocycles. The number of alkyl halides is 2. The van der Waals surface area contributed by atoms with Crippen LogP contribution < -0.4 is 15.2 Å².